The van der Waals surface area contributed by atoms with Gasteiger partial charge in [-0.25, -0.2) is 0 Å². The van der Waals surface area contributed by atoms with Crippen molar-refractivity contribution in [1.29, 1.82) is 0 Å². The van der Waals surface area contributed by atoms with E-state index in [4.69, 9.17) is 16.0 Å². The summed E-state index contributed by atoms with van der Waals surface area (Å²) in [7, 11) is 1.80. The number of fused-ring (bicyclic) bond motifs is 1. The Hall–Kier alpha value is -3.31. The molecule has 2 heterocycles. The number of rotatable bonds is 3. The number of benzene rings is 2. The van der Waals surface area contributed by atoms with Gasteiger partial charge in [-0.2, -0.15) is 0 Å². The first-order chi connectivity index (χ1) is 13.1. The molecule has 27 heavy (non-hydrogen) atoms. The van der Waals surface area contributed by atoms with Crippen molar-refractivity contribution in [3.8, 4) is 11.1 Å². The van der Waals surface area contributed by atoms with Crippen molar-refractivity contribution in [3.05, 3.63) is 87.9 Å². The van der Waals surface area contributed by atoms with Crippen LogP contribution >= 0.6 is 11.6 Å². The van der Waals surface area contributed by atoms with E-state index >= 15 is 0 Å². The zero-order valence-electron chi connectivity index (χ0n) is 14.4. The highest BCUT2D eigenvalue weighted by atomic mass is 35.5. The maximum Gasteiger partial charge on any atom is 0.292 e. The number of furan rings is 1. The molecule has 5 nitrogen and oxygen atoms in total. The number of aryl methyl sites for hydroxylation is 1. The van der Waals surface area contributed by atoms with Crippen molar-refractivity contribution in [3.63, 3.8) is 0 Å². The molecule has 2 aromatic heterocycles. The fourth-order valence-electron chi connectivity index (χ4n) is 3.12. The molecule has 0 spiro atoms. The summed E-state index contributed by atoms with van der Waals surface area (Å²) in [4.78, 5) is 25.8. The van der Waals surface area contributed by atoms with E-state index in [-0.39, 0.29) is 11.2 Å². The molecule has 0 aliphatic heterocycles. The number of carbonyl (C=O) groups excluding carboxylic acids is 1. The zero-order valence-corrected chi connectivity index (χ0v) is 15.2. The van der Waals surface area contributed by atoms with Gasteiger partial charge in [0.2, 0.25) is 0 Å². The smallest absolute Gasteiger partial charge is 0.292 e. The number of aromatic nitrogens is 1. The van der Waals surface area contributed by atoms with Crippen LogP contribution in [0, 0.1) is 0 Å². The maximum atomic E-state index is 13.3. The first-order valence-electron chi connectivity index (χ1n) is 8.29. The lowest BCUT2D eigenvalue weighted by Gasteiger charge is -2.18. The quantitative estimate of drug-likeness (QED) is 0.561. The molecular formula is C21H15ClN2O3. The molecule has 1 amide bonds. The number of hydrogen-bond donors (Lipinski definition) is 1. The minimum atomic E-state index is -0.437. The Morgan fingerprint density at radius 3 is 2.63 bits per heavy atom. The topological polar surface area (TPSA) is 64.2 Å². The molecule has 0 bridgehead atoms. The van der Waals surface area contributed by atoms with Gasteiger partial charge in [0.25, 0.3) is 5.91 Å². The average Bonchev–Trinajstić information content (AvgIpc) is 3.21. The molecule has 0 aliphatic carbocycles. The summed E-state index contributed by atoms with van der Waals surface area (Å²) >= 11 is 6.13. The minimum Gasteiger partial charge on any atom is -0.459 e. The van der Waals surface area contributed by atoms with Crippen molar-refractivity contribution in [2.75, 3.05) is 5.32 Å². The minimum absolute atomic E-state index is 0.160. The third-order valence-corrected chi connectivity index (χ3v) is 4.63. The Morgan fingerprint density at radius 1 is 1.07 bits per heavy atom. The molecule has 0 saturated heterocycles. The summed E-state index contributed by atoms with van der Waals surface area (Å²) in [6, 6.07) is 17.5. The second-order valence-electron chi connectivity index (χ2n) is 6.07. The van der Waals surface area contributed by atoms with Gasteiger partial charge < -0.3 is 14.3 Å². The molecule has 4 rings (SSSR count). The summed E-state index contributed by atoms with van der Waals surface area (Å²) in [5, 5.41) is 3.89. The molecule has 134 valence electrons. The number of nitrogens with zero attached hydrogens (tertiary/aromatic N) is 1. The van der Waals surface area contributed by atoms with Crippen LogP contribution in [0.2, 0.25) is 5.02 Å². The molecule has 1 N–H and O–H groups in total. The SMILES string of the molecule is Cn1c(NC(=O)c2ccco2)c(-c2cccc(Cl)c2)c(=O)c2ccccc21. The van der Waals surface area contributed by atoms with Gasteiger partial charge in [-0.15, -0.1) is 0 Å². The predicted molar refractivity (Wildman–Crippen MR) is 106 cm³/mol. The zero-order chi connectivity index (χ0) is 19.0. The van der Waals surface area contributed by atoms with Gasteiger partial charge in [-0.05, 0) is 42.0 Å². The molecule has 0 fully saturated rings. The van der Waals surface area contributed by atoms with Gasteiger partial charge in [0.05, 0.1) is 17.3 Å². The average molecular weight is 379 g/mol. The van der Waals surface area contributed by atoms with Crippen LogP contribution in [0.1, 0.15) is 10.6 Å². The summed E-state index contributed by atoms with van der Waals surface area (Å²) < 4.78 is 6.95. The van der Waals surface area contributed by atoms with Crippen LogP contribution < -0.4 is 10.7 Å². The van der Waals surface area contributed by atoms with Gasteiger partial charge >= 0.3 is 0 Å². The molecular weight excluding hydrogens is 364 g/mol. The largest absolute Gasteiger partial charge is 0.459 e. The molecule has 0 aliphatic rings. The number of anilines is 1. The van der Waals surface area contributed by atoms with Gasteiger partial charge in [0.15, 0.2) is 11.2 Å². The molecule has 0 radical (unpaired) electrons. The normalized spacial score (nSPS) is 10.9. The first-order valence-corrected chi connectivity index (χ1v) is 8.66. The van der Waals surface area contributed by atoms with E-state index in [1.807, 2.05) is 18.2 Å². The first kappa shape index (κ1) is 17.1. The summed E-state index contributed by atoms with van der Waals surface area (Å²) in [6.07, 6.45) is 1.42. The van der Waals surface area contributed by atoms with Crippen LogP contribution in [-0.2, 0) is 7.05 Å². The molecule has 0 atom stereocenters. The fourth-order valence-corrected chi connectivity index (χ4v) is 3.31. The van der Waals surface area contributed by atoms with Gasteiger partial charge in [-0.1, -0.05) is 35.9 Å². The number of carbonyl (C=O) groups is 1. The van der Waals surface area contributed by atoms with E-state index in [1.165, 1.54) is 6.26 Å². The third kappa shape index (κ3) is 3.02. The van der Waals surface area contributed by atoms with Crippen molar-refractivity contribution in [2.45, 2.75) is 0 Å². The van der Waals surface area contributed by atoms with Gasteiger partial charge in [0.1, 0.15) is 5.82 Å². The summed E-state index contributed by atoms with van der Waals surface area (Å²) in [5.41, 5.74) is 1.53. The second-order valence-corrected chi connectivity index (χ2v) is 6.51. The van der Waals surface area contributed by atoms with Crippen LogP contribution in [0.25, 0.3) is 22.0 Å². The number of pyridine rings is 1. The maximum absolute atomic E-state index is 13.3. The number of halogens is 1. The fraction of sp³-hybridized carbons (Fsp3) is 0.0476. The lowest BCUT2D eigenvalue weighted by Crippen LogP contribution is -2.21. The monoisotopic (exact) mass is 378 g/mol. The Kier molecular flexibility index (Phi) is 4.30. The van der Waals surface area contributed by atoms with E-state index in [9.17, 15) is 9.59 Å². The highest BCUT2D eigenvalue weighted by Gasteiger charge is 2.20. The van der Waals surface area contributed by atoms with Crippen LogP contribution in [0.3, 0.4) is 0 Å². The Labute approximate surface area is 159 Å². The van der Waals surface area contributed by atoms with Gasteiger partial charge in [-0.3, -0.25) is 9.59 Å². The number of para-hydroxylation sites is 1. The van der Waals surface area contributed by atoms with Crippen molar-refractivity contribution in [1.82, 2.24) is 4.57 Å². The van der Waals surface area contributed by atoms with Gasteiger partial charge in [0, 0.05) is 17.5 Å². The number of nitrogens with one attached hydrogen (secondary N) is 1. The number of hydrogen-bond acceptors (Lipinski definition) is 3. The molecule has 0 saturated carbocycles. The van der Waals surface area contributed by atoms with E-state index in [0.717, 1.165) is 0 Å². The second kappa shape index (κ2) is 6.78. The number of amides is 1. The Morgan fingerprint density at radius 2 is 1.89 bits per heavy atom. The van der Waals surface area contributed by atoms with Crippen LogP contribution in [-0.4, -0.2) is 10.5 Å². The Balaban J connectivity index is 2.00. The predicted octanol–water partition coefficient (Wildman–Crippen LogP) is 4.70. The molecule has 4 aromatic rings. The van der Waals surface area contributed by atoms with Crippen LogP contribution in [0.5, 0.6) is 0 Å². The molecule has 2 aromatic carbocycles. The van der Waals surface area contributed by atoms with E-state index in [1.54, 1.807) is 54.1 Å². The van der Waals surface area contributed by atoms with Crippen LogP contribution in [0.4, 0.5) is 5.82 Å². The Bertz CT molecular complexity index is 1210. The van der Waals surface area contributed by atoms with Crippen molar-refractivity contribution < 1.29 is 9.21 Å². The third-order valence-electron chi connectivity index (χ3n) is 4.40. The molecule has 0 unspecified atom stereocenters. The van der Waals surface area contributed by atoms with Crippen LogP contribution in [0.15, 0.2) is 76.1 Å². The standard InChI is InChI=1S/C21H15ClN2O3/c1-24-16-9-3-2-8-15(16)19(25)18(13-6-4-7-14(22)12-13)20(24)23-21(26)17-10-5-11-27-17/h2-12H,1H3,(H,23,26). The van der Waals surface area contributed by atoms with E-state index in [2.05, 4.69) is 5.32 Å². The highest BCUT2D eigenvalue weighted by molar-refractivity contribution is 6.30. The van der Waals surface area contributed by atoms with Crippen molar-refractivity contribution >= 4 is 34.2 Å². The van der Waals surface area contributed by atoms with Crippen molar-refractivity contribution in [2.24, 2.45) is 7.05 Å². The van der Waals surface area contributed by atoms with E-state index < -0.39 is 5.91 Å². The summed E-state index contributed by atoms with van der Waals surface area (Å²) in [5.74, 6) is 0.101. The lowest BCUT2D eigenvalue weighted by atomic mass is 10.0. The lowest BCUT2D eigenvalue weighted by molar-refractivity contribution is 0.0996. The highest BCUT2D eigenvalue weighted by Crippen LogP contribution is 2.30. The van der Waals surface area contributed by atoms with E-state index in [0.29, 0.717) is 32.9 Å². The summed E-state index contributed by atoms with van der Waals surface area (Å²) in [6.45, 7) is 0. The molecule has 6 heteroatoms.